The van der Waals surface area contributed by atoms with Crippen LogP contribution in [0.3, 0.4) is 0 Å². The number of carbonyl (C=O) groups is 1. The van der Waals surface area contributed by atoms with Gasteiger partial charge in [0.2, 0.25) is 0 Å². The van der Waals surface area contributed by atoms with Crippen molar-refractivity contribution in [1.29, 1.82) is 0 Å². The van der Waals surface area contributed by atoms with Crippen LogP contribution in [0, 0.1) is 13.8 Å². The quantitative estimate of drug-likeness (QED) is 0.737. The number of aryl methyl sites for hydroxylation is 3. The Morgan fingerprint density at radius 3 is 2.83 bits per heavy atom. The number of amides is 1. The largest absolute Gasteiger partial charge is 0.338 e. The third-order valence-electron chi connectivity index (χ3n) is 5.40. The van der Waals surface area contributed by atoms with Crippen LogP contribution in [0.1, 0.15) is 46.1 Å². The molecule has 0 aliphatic carbocycles. The molecule has 29 heavy (non-hydrogen) atoms. The van der Waals surface area contributed by atoms with Crippen LogP contribution in [0.5, 0.6) is 0 Å². The summed E-state index contributed by atoms with van der Waals surface area (Å²) in [6.07, 6.45) is 5.56. The third kappa shape index (κ3) is 4.13. The van der Waals surface area contributed by atoms with Gasteiger partial charge in [-0.2, -0.15) is 5.10 Å². The normalized spacial score (nSPS) is 16.7. The molecular weight excluding hydrogens is 364 g/mol. The van der Waals surface area contributed by atoms with Crippen molar-refractivity contribution in [2.75, 3.05) is 18.4 Å². The molecule has 3 aromatic rings. The predicted octanol–water partition coefficient (Wildman–Crippen LogP) is 3.59. The molecule has 0 aromatic carbocycles. The van der Waals surface area contributed by atoms with Crippen LogP contribution in [0.2, 0.25) is 0 Å². The van der Waals surface area contributed by atoms with E-state index in [9.17, 15) is 4.79 Å². The summed E-state index contributed by atoms with van der Waals surface area (Å²) < 4.78 is 1.69. The average molecular weight is 390 g/mol. The first-order chi connectivity index (χ1) is 14.0. The number of nitrogens with zero attached hydrogens (tertiary/aromatic N) is 5. The Morgan fingerprint density at radius 1 is 1.21 bits per heavy atom. The van der Waals surface area contributed by atoms with Gasteiger partial charge in [-0.15, -0.1) is 0 Å². The Morgan fingerprint density at radius 2 is 2.07 bits per heavy atom. The van der Waals surface area contributed by atoms with E-state index in [-0.39, 0.29) is 11.8 Å². The molecule has 0 spiro atoms. The van der Waals surface area contributed by atoms with Crippen molar-refractivity contribution in [3.05, 3.63) is 65.2 Å². The summed E-state index contributed by atoms with van der Waals surface area (Å²) in [7, 11) is 1.84. The summed E-state index contributed by atoms with van der Waals surface area (Å²) in [5.41, 5.74) is 3.53. The molecule has 4 heterocycles. The molecule has 7 nitrogen and oxygen atoms in total. The Balaban J connectivity index is 1.50. The van der Waals surface area contributed by atoms with Gasteiger partial charge in [0.05, 0.1) is 11.3 Å². The molecule has 1 aliphatic heterocycles. The van der Waals surface area contributed by atoms with Crippen LogP contribution < -0.4 is 5.32 Å². The van der Waals surface area contributed by atoms with Crippen LogP contribution >= 0.6 is 0 Å². The maximum absolute atomic E-state index is 13.0. The van der Waals surface area contributed by atoms with Crippen molar-refractivity contribution in [1.82, 2.24) is 24.6 Å². The standard InChI is InChI=1S/C22H26N6O/c1-15-7-5-11-23-21(15)25-20-10-4-9-19(24-20)17-8-6-12-28(13-17)22(29)18-14-27(3)26-16(18)2/h4-5,7,9-11,14,17H,6,8,12-13H2,1-3H3,(H,23,24,25)/t17-/m0/s1. The van der Waals surface area contributed by atoms with E-state index in [4.69, 9.17) is 4.98 Å². The summed E-state index contributed by atoms with van der Waals surface area (Å²) in [6.45, 7) is 5.34. The lowest BCUT2D eigenvalue weighted by atomic mass is 9.93. The van der Waals surface area contributed by atoms with E-state index in [2.05, 4.69) is 15.4 Å². The maximum atomic E-state index is 13.0. The molecule has 0 unspecified atom stereocenters. The Kier molecular flexibility index (Phi) is 5.29. The molecule has 0 saturated carbocycles. The number of rotatable bonds is 4. The van der Waals surface area contributed by atoms with Crippen LogP contribution in [0.25, 0.3) is 0 Å². The topological polar surface area (TPSA) is 75.9 Å². The summed E-state index contributed by atoms with van der Waals surface area (Å²) in [5, 5.41) is 7.61. The minimum Gasteiger partial charge on any atom is -0.338 e. The summed E-state index contributed by atoms with van der Waals surface area (Å²) in [5.74, 6) is 1.86. The summed E-state index contributed by atoms with van der Waals surface area (Å²) in [6, 6.07) is 9.94. The number of aromatic nitrogens is 4. The first kappa shape index (κ1) is 19.1. The molecule has 3 aromatic heterocycles. The molecule has 7 heteroatoms. The molecule has 1 atom stereocenters. The minimum absolute atomic E-state index is 0.0543. The van der Waals surface area contributed by atoms with E-state index in [0.29, 0.717) is 12.1 Å². The number of piperidine rings is 1. The van der Waals surface area contributed by atoms with Gasteiger partial charge >= 0.3 is 0 Å². The number of pyridine rings is 2. The van der Waals surface area contributed by atoms with Crippen molar-refractivity contribution in [3.8, 4) is 0 Å². The van der Waals surface area contributed by atoms with E-state index < -0.39 is 0 Å². The molecule has 1 amide bonds. The van der Waals surface area contributed by atoms with Gasteiger partial charge in [0.1, 0.15) is 11.6 Å². The van der Waals surface area contributed by atoms with Gasteiger partial charge in [-0.05, 0) is 50.5 Å². The van der Waals surface area contributed by atoms with Gasteiger partial charge in [0.25, 0.3) is 5.91 Å². The number of hydrogen-bond acceptors (Lipinski definition) is 5. The summed E-state index contributed by atoms with van der Waals surface area (Å²) in [4.78, 5) is 24.1. The Bertz CT molecular complexity index is 1030. The number of anilines is 2. The van der Waals surface area contributed by atoms with E-state index >= 15 is 0 Å². The maximum Gasteiger partial charge on any atom is 0.257 e. The Hall–Kier alpha value is -3.22. The lowest BCUT2D eigenvalue weighted by Gasteiger charge is -2.32. The van der Waals surface area contributed by atoms with Crippen molar-refractivity contribution in [2.45, 2.75) is 32.6 Å². The van der Waals surface area contributed by atoms with Crippen LogP contribution in [-0.4, -0.2) is 43.6 Å². The lowest BCUT2D eigenvalue weighted by Crippen LogP contribution is -2.39. The zero-order valence-electron chi connectivity index (χ0n) is 17.1. The second-order valence-corrected chi connectivity index (χ2v) is 7.63. The van der Waals surface area contributed by atoms with Crippen molar-refractivity contribution < 1.29 is 4.79 Å². The van der Waals surface area contributed by atoms with Crippen molar-refractivity contribution in [3.63, 3.8) is 0 Å². The first-order valence-corrected chi connectivity index (χ1v) is 9.96. The lowest BCUT2D eigenvalue weighted by molar-refractivity contribution is 0.0705. The summed E-state index contributed by atoms with van der Waals surface area (Å²) >= 11 is 0. The highest BCUT2D eigenvalue weighted by Crippen LogP contribution is 2.28. The average Bonchev–Trinajstić information content (AvgIpc) is 3.07. The molecule has 1 saturated heterocycles. The van der Waals surface area contributed by atoms with Gasteiger partial charge in [0.15, 0.2) is 0 Å². The van der Waals surface area contributed by atoms with Crippen LogP contribution in [-0.2, 0) is 7.05 Å². The highest BCUT2D eigenvalue weighted by Gasteiger charge is 2.28. The van der Waals surface area contributed by atoms with Gasteiger partial charge in [0, 0.05) is 44.1 Å². The zero-order valence-corrected chi connectivity index (χ0v) is 17.1. The highest BCUT2D eigenvalue weighted by molar-refractivity contribution is 5.95. The van der Waals surface area contributed by atoms with Crippen LogP contribution in [0.4, 0.5) is 11.6 Å². The fourth-order valence-electron chi connectivity index (χ4n) is 3.87. The SMILES string of the molecule is Cc1cccnc1Nc1cccc([C@H]2CCCN(C(=O)c3cn(C)nc3C)C2)n1. The monoisotopic (exact) mass is 390 g/mol. The predicted molar refractivity (Wildman–Crippen MR) is 112 cm³/mol. The first-order valence-electron chi connectivity index (χ1n) is 9.96. The number of nitrogens with one attached hydrogen (secondary N) is 1. The second-order valence-electron chi connectivity index (χ2n) is 7.63. The number of likely N-dealkylation sites (tertiary alicyclic amines) is 1. The van der Waals surface area contributed by atoms with Crippen molar-refractivity contribution in [2.24, 2.45) is 7.05 Å². The van der Waals surface area contributed by atoms with E-state index in [0.717, 1.165) is 48.0 Å². The van der Waals surface area contributed by atoms with Gasteiger partial charge in [-0.1, -0.05) is 12.1 Å². The molecule has 1 fully saturated rings. The number of hydrogen-bond donors (Lipinski definition) is 1. The molecule has 0 radical (unpaired) electrons. The van der Waals surface area contributed by atoms with E-state index in [1.807, 2.05) is 56.1 Å². The fraction of sp³-hybridized carbons (Fsp3) is 0.364. The molecule has 1 N–H and O–H groups in total. The fourth-order valence-corrected chi connectivity index (χ4v) is 3.87. The van der Waals surface area contributed by atoms with Gasteiger partial charge in [-0.25, -0.2) is 9.97 Å². The molecule has 150 valence electrons. The number of carbonyl (C=O) groups excluding carboxylic acids is 1. The van der Waals surface area contributed by atoms with Crippen molar-refractivity contribution >= 4 is 17.5 Å². The third-order valence-corrected chi connectivity index (χ3v) is 5.40. The Labute approximate surface area is 170 Å². The van der Waals surface area contributed by atoms with E-state index in [1.54, 1.807) is 17.1 Å². The molecular formula is C22H26N6O. The minimum atomic E-state index is 0.0543. The van der Waals surface area contributed by atoms with Gasteiger partial charge < -0.3 is 10.2 Å². The van der Waals surface area contributed by atoms with Gasteiger partial charge in [-0.3, -0.25) is 9.48 Å². The zero-order chi connectivity index (χ0) is 20.4. The molecule has 1 aliphatic rings. The van der Waals surface area contributed by atoms with Crippen LogP contribution in [0.15, 0.2) is 42.7 Å². The molecule has 0 bridgehead atoms. The highest BCUT2D eigenvalue weighted by atomic mass is 16.2. The molecule has 4 rings (SSSR count). The van der Waals surface area contributed by atoms with E-state index in [1.165, 1.54) is 0 Å². The smallest absolute Gasteiger partial charge is 0.257 e. The second kappa shape index (κ2) is 8.03.